The van der Waals surface area contributed by atoms with Gasteiger partial charge in [-0.1, -0.05) is 30.3 Å². The average molecular weight is 538 g/mol. The van der Waals surface area contributed by atoms with E-state index in [9.17, 15) is 14.4 Å². The Balaban J connectivity index is 1.27. The van der Waals surface area contributed by atoms with Crippen molar-refractivity contribution in [3.05, 3.63) is 53.6 Å². The Bertz CT molecular complexity index is 1140. The highest BCUT2D eigenvalue weighted by molar-refractivity contribution is 5.96. The highest BCUT2D eigenvalue weighted by Crippen LogP contribution is 2.39. The predicted octanol–water partition coefficient (Wildman–Crippen LogP) is 4.78. The Morgan fingerprint density at radius 1 is 1.03 bits per heavy atom. The first kappa shape index (κ1) is 28.4. The summed E-state index contributed by atoms with van der Waals surface area (Å²) in [7, 11) is 0. The van der Waals surface area contributed by atoms with E-state index in [1.165, 1.54) is 11.8 Å². The van der Waals surface area contributed by atoms with E-state index in [1.807, 2.05) is 42.5 Å². The zero-order valence-electron chi connectivity index (χ0n) is 23.1. The molecule has 2 heterocycles. The molecule has 1 fully saturated rings. The lowest BCUT2D eigenvalue weighted by Crippen LogP contribution is -2.50. The van der Waals surface area contributed by atoms with E-state index in [2.05, 4.69) is 10.2 Å². The fourth-order valence-corrected chi connectivity index (χ4v) is 5.09. The number of benzene rings is 2. The van der Waals surface area contributed by atoms with E-state index in [4.69, 9.17) is 14.2 Å². The summed E-state index contributed by atoms with van der Waals surface area (Å²) in [6.07, 6.45) is 2.50. The maximum atomic E-state index is 12.4. The van der Waals surface area contributed by atoms with Gasteiger partial charge in [0, 0.05) is 44.6 Å². The molecule has 1 saturated heterocycles. The monoisotopic (exact) mass is 537 g/mol. The summed E-state index contributed by atoms with van der Waals surface area (Å²) in [6.45, 7) is 8.41. The first-order valence-corrected chi connectivity index (χ1v) is 13.8. The van der Waals surface area contributed by atoms with Crippen molar-refractivity contribution >= 4 is 23.6 Å². The molecular weight excluding hydrogens is 498 g/mol. The number of amides is 3. The first-order valence-electron chi connectivity index (χ1n) is 13.8. The first-order chi connectivity index (χ1) is 18.8. The lowest BCUT2D eigenvalue weighted by Gasteiger charge is -2.36. The van der Waals surface area contributed by atoms with Gasteiger partial charge >= 0.3 is 6.09 Å². The van der Waals surface area contributed by atoms with Crippen molar-refractivity contribution in [2.75, 3.05) is 31.6 Å². The van der Waals surface area contributed by atoms with Crippen LogP contribution in [0.3, 0.4) is 0 Å². The number of nitrogens with zero attached hydrogens (tertiary/aromatic N) is 2. The van der Waals surface area contributed by atoms with E-state index >= 15 is 0 Å². The number of carbonyl (C=O) groups excluding carboxylic acids is 3. The summed E-state index contributed by atoms with van der Waals surface area (Å²) < 4.78 is 17.5. The summed E-state index contributed by atoms with van der Waals surface area (Å²) >= 11 is 0. The number of ether oxygens (including phenoxy) is 3. The van der Waals surface area contributed by atoms with Crippen LogP contribution in [0.4, 0.5) is 10.5 Å². The zero-order chi connectivity index (χ0) is 27.8. The molecule has 0 atom stereocenters. The highest BCUT2D eigenvalue weighted by Gasteiger charge is 2.32. The van der Waals surface area contributed by atoms with Crippen LogP contribution in [0.15, 0.2) is 42.5 Å². The van der Waals surface area contributed by atoms with Gasteiger partial charge in [0.15, 0.2) is 0 Å². The van der Waals surface area contributed by atoms with Gasteiger partial charge in [-0.15, -0.1) is 0 Å². The van der Waals surface area contributed by atoms with Crippen molar-refractivity contribution < 1.29 is 28.6 Å². The number of anilines is 1. The number of hydrogen-bond donors (Lipinski definition) is 1. The number of rotatable bonds is 10. The van der Waals surface area contributed by atoms with Crippen LogP contribution in [0.2, 0.25) is 0 Å². The van der Waals surface area contributed by atoms with Gasteiger partial charge in [-0.2, -0.15) is 0 Å². The third-order valence-corrected chi connectivity index (χ3v) is 7.01. The van der Waals surface area contributed by atoms with Crippen LogP contribution in [0.5, 0.6) is 11.5 Å². The fraction of sp³-hybridized carbons (Fsp3) is 0.500. The van der Waals surface area contributed by atoms with Crippen LogP contribution >= 0.6 is 0 Å². The molecule has 0 radical (unpaired) electrons. The summed E-state index contributed by atoms with van der Waals surface area (Å²) in [4.78, 5) is 40.2. The number of fused-ring (bicyclic) bond motifs is 1. The number of nitrogens with one attached hydrogen (secondary N) is 1. The van der Waals surface area contributed by atoms with Gasteiger partial charge in [-0.05, 0) is 57.2 Å². The molecule has 0 aliphatic carbocycles. The summed E-state index contributed by atoms with van der Waals surface area (Å²) in [5, 5.41) is 2.97. The lowest BCUT2D eigenvalue weighted by molar-refractivity contribution is -0.130. The Kier molecular flexibility index (Phi) is 9.81. The van der Waals surface area contributed by atoms with E-state index in [0.717, 1.165) is 55.8 Å². The second-order valence-corrected chi connectivity index (χ2v) is 10.3. The standard InChI is InChI=1S/C30H39N3O6/c1-21(2)39-30(36)33(22(3)34)24-14-17-32(18-15-24)16-7-19-37-26-11-12-27(29-25(26)10-13-28(35)31-29)38-20-23-8-5-4-6-9-23/h4-6,8-9,11-12,21,24H,7,10,13-20H2,1-3H3,(H,31,35). The minimum absolute atomic E-state index is 0.0200. The molecule has 2 aromatic rings. The molecule has 9 nitrogen and oxygen atoms in total. The Hall–Kier alpha value is -3.59. The van der Waals surface area contributed by atoms with Crippen LogP contribution in [0, 0.1) is 0 Å². The van der Waals surface area contributed by atoms with Crippen LogP contribution in [-0.4, -0.2) is 66.1 Å². The van der Waals surface area contributed by atoms with Crippen LogP contribution in [0.25, 0.3) is 0 Å². The molecule has 2 aromatic carbocycles. The molecule has 39 heavy (non-hydrogen) atoms. The maximum Gasteiger partial charge on any atom is 0.417 e. The van der Waals surface area contributed by atoms with Crippen LogP contribution in [0.1, 0.15) is 57.6 Å². The third-order valence-electron chi connectivity index (χ3n) is 7.01. The molecule has 1 N–H and O–H groups in total. The van der Waals surface area contributed by atoms with Crippen LogP contribution in [-0.2, 0) is 27.4 Å². The number of imide groups is 1. The van der Waals surface area contributed by atoms with Crippen molar-refractivity contribution in [1.29, 1.82) is 0 Å². The van der Waals surface area contributed by atoms with E-state index in [-0.39, 0.29) is 24.0 Å². The molecule has 2 aliphatic heterocycles. The Morgan fingerprint density at radius 2 is 1.74 bits per heavy atom. The molecular formula is C30H39N3O6. The quantitative estimate of drug-likeness (QED) is 0.436. The predicted molar refractivity (Wildman–Crippen MR) is 148 cm³/mol. The maximum absolute atomic E-state index is 12.4. The second kappa shape index (κ2) is 13.5. The van der Waals surface area contributed by atoms with E-state index in [1.54, 1.807) is 13.8 Å². The molecule has 0 saturated carbocycles. The van der Waals surface area contributed by atoms with Gasteiger partial charge in [0.2, 0.25) is 11.8 Å². The molecule has 0 spiro atoms. The fourth-order valence-electron chi connectivity index (χ4n) is 5.09. The molecule has 2 aliphatic rings. The van der Waals surface area contributed by atoms with Gasteiger partial charge in [-0.3, -0.25) is 9.59 Å². The minimum atomic E-state index is -0.555. The van der Waals surface area contributed by atoms with Gasteiger partial charge < -0.3 is 24.4 Å². The van der Waals surface area contributed by atoms with Gasteiger partial charge in [0.1, 0.15) is 18.1 Å². The molecule has 210 valence electrons. The lowest BCUT2D eigenvalue weighted by atomic mass is 10.0. The van der Waals surface area contributed by atoms with Crippen molar-refractivity contribution in [1.82, 2.24) is 9.80 Å². The average Bonchev–Trinajstić information content (AvgIpc) is 2.91. The highest BCUT2D eigenvalue weighted by atomic mass is 16.6. The van der Waals surface area contributed by atoms with E-state index < -0.39 is 6.09 Å². The Labute approximate surface area is 230 Å². The van der Waals surface area contributed by atoms with Gasteiger partial charge in [0.05, 0.1) is 18.4 Å². The molecule has 9 heteroatoms. The molecule has 0 aromatic heterocycles. The summed E-state index contributed by atoms with van der Waals surface area (Å²) in [5.41, 5.74) is 2.73. The zero-order valence-corrected chi connectivity index (χ0v) is 23.1. The number of piperidine rings is 1. The van der Waals surface area contributed by atoms with Crippen molar-refractivity contribution in [3.8, 4) is 11.5 Å². The normalized spacial score (nSPS) is 15.8. The molecule has 0 bridgehead atoms. The third kappa shape index (κ3) is 7.72. The molecule has 0 unspecified atom stereocenters. The number of likely N-dealkylation sites (tertiary alicyclic amines) is 1. The number of carbonyl (C=O) groups is 3. The van der Waals surface area contributed by atoms with Crippen molar-refractivity contribution in [3.63, 3.8) is 0 Å². The minimum Gasteiger partial charge on any atom is -0.493 e. The molecule has 4 rings (SSSR count). The summed E-state index contributed by atoms with van der Waals surface area (Å²) in [5.74, 6) is 1.13. The topological polar surface area (TPSA) is 97.4 Å². The smallest absolute Gasteiger partial charge is 0.417 e. The summed E-state index contributed by atoms with van der Waals surface area (Å²) in [6, 6.07) is 13.6. The molecule has 3 amide bonds. The van der Waals surface area contributed by atoms with E-state index in [0.29, 0.717) is 37.5 Å². The van der Waals surface area contributed by atoms with Crippen molar-refractivity contribution in [2.45, 2.75) is 71.6 Å². The van der Waals surface area contributed by atoms with Crippen LogP contribution < -0.4 is 14.8 Å². The Morgan fingerprint density at radius 3 is 2.44 bits per heavy atom. The number of hydrogen-bond acceptors (Lipinski definition) is 7. The van der Waals surface area contributed by atoms with Crippen molar-refractivity contribution in [2.24, 2.45) is 0 Å². The van der Waals surface area contributed by atoms with Gasteiger partial charge in [0.25, 0.3) is 0 Å². The van der Waals surface area contributed by atoms with Gasteiger partial charge in [-0.25, -0.2) is 9.69 Å². The largest absolute Gasteiger partial charge is 0.493 e. The SMILES string of the molecule is CC(=O)N(C(=O)OC(C)C)C1CCN(CCCOc2ccc(OCc3ccccc3)c3c2CCC(=O)N3)CC1. The second-order valence-electron chi connectivity index (χ2n) is 10.3.